The van der Waals surface area contributed by atoms with Crippen molar-refractivity contribution in [3.05, 3.63) is 78.6 Å². The summed E-state index contributed by atoms with van der Waals surface area (Å²) in [7, 11) is 4.27. The molecule has 0 fully saturated rings. The SMILES string of the molecule is C#C.C#C.CCCCC1(CCCC)CCc2cc(N(C)C)ccc2SC1.Oc1ccc[n+](CCCCOc2ccccc2)c1. The van der Waals surface area contributed by atoms with E-state index in [9.17, 15) is 5.11 Å². The maximum atomic E-state index is 9.32. The van der Waals surface area contributed by atoms with E-state index in [2.05, 4.69) is 88.5 Å². The zero-order valence-electron chi connectivity index (χ0n) is 27.6. The first-order valence-corrected chi connectivity index (χ1v) is 16.9. The first kappa shape index (κ1) is 38.5. The minimum atomic E-state index is 0.304. The topological polar surface area (TPSA) is 36.6 Å². The van der Waals surface area contributed by atoms with Gasteiger partial charge in [0, 0.05) is 42.9 Å². The first-order valence-electron chi connectivity index (χ1n) is 15.9. The van der Waals surface area contributed by atoms with E-state index >= 15 is 0 Å². The summed E-state index contributed by atoms with van der Waals surface area (Å²) in [6.07, 6.45) is 32.6. The van der Waals surface area contributed by atoms with E-state index < -0.39 is 0 Å². The Hall–Kier alpha value is -3.54. The molecule has 1 aliphatic heterocycles. The van der Waals surface area contributed by atoms with E-state index in [1.54, 1.807) is 17.8 Å². The van der Waals surface area contributed by atoms with Crippen molar-refractivity contribution in [2.24, 2.45) is 5.41 Å². The Morgan fingerprint density at radius 3 is 2.18 bits per heavy atom. The van der Waals surface area contributed by atoms with Crippen molar-refractivity contribution in [2.45, 2.75) is 89.5 Å². The van der Waals surface area contributed by atoms with Crippen LogP contribution in [0, 0.1) is 31.1 Å². The second kappa shape index (κ2) is 22.9. The molecule has 0 unspecified atom stereocenters. The summed E-state index contributed by atoms with van der Waals surface area (Å²) in [6.45, 7) is 6.28. The van der Waals surface area contributed by atoms with Crippen molar-refractivity contribution < 1.29 is 14.4 Å². The van der Waals surface area contributed by atoms with Crippen molar-refractivity contribution in [3.63, 3.8) is 0 Å². The van der Waals surface area contributed by atoms with Gasteiger partial charge < -0.3 is 14.7 Å². The summed E-state index contributed by atoms with van der Waals surface area (Å²) in [6, 6.07) is 20.4. The van der Waals surface area contributed by atoms with Gasteiger partial charge in [-0.15, -0.1) is 37.5 Å². The van der Waals surface area contributed by atoms with Crippen LogP contribution in [0.2, 0.25) is 0 Å². The van der Waals surface area contributed by atoms with Crippen LogP contribution in [0.25, 0.3) is 0 Å². The number of aromatic nitrogens is 1. The number of nitrogens with zero attached hydrogens (tertiary/aromatic N) is 2. The molecule has 0 atom stereocenters. The maximum Gasteiger partial charge on any atom is 0.210 e. The number of benzene rings is 2. The van der Waals surface area contributed by atoms with Crippen molar-refractivity contribution in [1.29, 1.82) is 0 Å². The van der Waals surface area contributed by atoms with E-state index in [0.717, 1.165) is 31.7 Å². The third-order valence-corrected chi connectivity index (χ3v) is 9.27. The fourth-order valence-corrected chi connectivity index (χ4v) is 6.66. The molecule has 0 saturated carbocycles. The highest BCUT2D eigenvalue weighted by molar-refractivity contribution is 7.99. The molecule has 2 heterocycles. The molecule has 2 aromatic carbocycles. The summed E-state index contributed by atoms with van der Waals surface area (Å²) in [5, 5.41) is 9.32. The molecular formula is C39H55N2O2S+. The fourth-order valence-electron chi connectivity index (χ4n) is 5.26. The molecule has 5 heteroatoms. The van der Waals surface area contributed by atoms with Crippen LogP contribution >= 0.6 is 11.8 Å². The minimum Gasteiger partial charge on any atom is -0.503 e. The molecule has 1 aliphatic rings. The van der Waals surface area contributed by atoms with Gasteiger partial charge in [0.2, 0.25) is 6.20 Å². The third-order valence-electron chi connectivity index (χ3n) is 7.81. The number of hydrogen-bond acceptors (Lipinski definition) is 4. The van der Waals surface area contributed by atoms with Crippen molar-refractivity contribution in [1.82, 2.24) is 0 Å². The summed E-state index contributed by atoms with van der Waals surface area (Å²) in [4.78, 5) is 3.75. The summed E-state index contributed by atoms with van der Waals surface area (Å²) in [5.74, 6) is 2.54. The molecule has 4 nitrogen and oxygen atoms in total. The van der Waals surface area contributed by atoms with Gasteiger partial charge in [0.1, 0.15) is 12.3 Å². The summed E-state index contributed by atoms with van der Waals surface area (Å²) < 4.78 is 7.59. The Balaban J connectivity index is 0.000000401. The van der Waals surface area contributed by atoms with Crippen LogP contribution in [0.15, 0.2) is 78.0 Å². The number of fused-ring (bicyclic) bond motifs is 1. The van der Waals surface area contributed by atoms with E-state index in [1.165, 1.54) is 67.7 Å². The average Bonchev–Trinajstić information content (AvgIpc) is 3.25. The number of para-hydroxylation sites is 1. The molecule has 44 heavy (non-hydrogen) atoms. The Morgan fingerprint density at radius 2 is 1.57 bits per heavy atom. The average molecular weight is 616 g/mol. The molecule has 4 rings (SSSR count). The van der Waals surface area contributed by atoms with E-state index in [0.29, 0.717) is 11.2 Å². The highest BCUT2D eigenvalue weighted by Gasteiger charge is 2.31. The third kappa shape index (κ3) is 14.3. The lowest BCUT2D eigenvalue weighted by Gasteiger charge is -2.32. The molecule has 0 spiro atoms. The van der Waals surface area contributed by atoms with E-state index in [1.807, 2.05) is 47.2 Å². The highest BCUT2D eigenvalue weighted by Crippen LogP contribution is 2.45. The molecule has 3 aromatic rings. The number of rotatable bonds is 13. The van der Waals surface area contributed by atoms with Crippen LogP contribution in [-0.2, 0) is 13.0 Å². The van der Waals surface area contributed by atoms with E-state index in [-0.39, 0.29) is 0 Å². The predicted molar refractivity (Wildman–Crippen MR) is 191 cm³/mol. The predicted octanol–water partition coefficient (Wildman–Crippen LogP) is 9.20. The Labute approximate surface area is 273 Å². The number of thioether (sulfide) groups is 1. The van der Waals surface area contributed by atoms with Crippen LogP contribution in [0.3, 0.4) is 0 Å². The number of pyridine rings is 1. The second-order valence-electron chi connectivity index (χ2n) is 11.4. The van der Waals surface area contributed by atoms with E-state index in [4.69, 9.17) is 4.74 Å². The van der Waals surface area contributed by atoms with Crippen LogP contribution in [0.4, 0.5) is 5.69 Å². The molecule has 0 amide bonds. The van der Waals surface area contributed by atoms with Gasteiger partial charge in [0.05, 0.1) is 6.61 Å². The van der Waals surface area contributed by atoms with Crippen molar-refractivity contribution in [3.8, 4) is 37.2 Å². The monoisotopic (exact) mass is 615 g/mol. The summed E-state index contributed by atoms with van der Waals surface area (Å²) in [5.41, 5.74) is 3.49. The standard InChI is InChI=1S/C20H33NS.C15H17NO2.2C2H2/c1-5-7-12-20(13-8-6-2)14-11-17-15-18(21(3)4)9-10-19(17)22-16-20;17-14-7-6-11-16(13-14)10-4-5-12-18-15-8-2-1-3-9-15;2*1-2/h9-10,15H,5-8,11-14,16H2,1-4H3;1-3,6-9,11,13H,4-5,10,12H2;2*1-2H/p+1. The quantitative estimate of drug-likeness (QED) is 0.118. The zero-order chi connectivity index (χ0) is 32.6. The molecule has 238 valence electrons. The Morgan fingerprint density at radius 1 is 0.886 bits per heavy atom. The van der Waals surface area contributed by atoms with Gasteiger partial charge in [-0.3, -0.25) is 0 Å². The van der Waals surface area contributed by atoms with Gasteiger partial charge in [-0.2, -0.15) is 0 Å². The number of terminal acetylenes is 2. The minimum absolute atomic E-state index is 0.304. The lowest BCUT2D eigenvalue weighted by Crippen LogP contribution is -2.32. The molecular weight excluding hydrogens is 561 g/mol. The van der Waals surface area contributed by atoms with Crippen LogP contribution in [0.5, 0.6) is 11.5 Å². The first-order chi connectivity index (χ1) is 21.4. The van der Waals surface area contributed by atoms with Crippen molar-refractivity contribution >= 4 is 17.4 Å². The van der Waals surface area contributed by atoms with Gasteiger partial charge >= 0.3 is 0 Å². The Bertz CT molecular complexity index is 1190. The van der Waals surface area contributed by atoms with Gasteiger partial charge in [-0.05, 0) is 79.5 Å². The molecule has 0 bridgehead atoms. The molecule has 1 N–H and O–H groups in total. The molecule has 0 saturated heterocycles. The van der Waals surface area contributed by atoms with Gasteiger partial charge in [0.25, 0.3) is 0 Å². The number of unbranched alkanes of at least 4 members (excludes halogenated alkanes) is 3. The smallest absolute Gasteiger partial charge is 0.210 e. The van der Waals surface area contributed by atoms with Gasteiger partial charge in [-0.1, -0.05) is 57.7 Å². The molecule has 0 radical (unpaired) electrons. The van der Waals surface area contributed by atoms with Gasteiger partial charge in [-0.25, -0.2) is 4.57 Å². The number of anilines is 1. The Kier molecular flexibility index (Phi) is 20.1. The van der Waals surface area contributed by atoms with Crippen LogP contribution in [0.1, 0.15) is 77.2 Å². The van der Waals surface area contributed by atoms with Crippen LogP contribution < -0.4 is 14.2 Å². The number of aryl methyl sites for hydroxylation is 2. The van der Waals surface area contributed by atoms with Crippen molar-refractivity contribution in [2.75, 3.05) is 31.4 Å². The fraction of sp³-hybridized carbons (Fsp3) is 0.462. The lowest BCUT2D eigenvalue weighted by atomic mass is 9.75. The van der Waals surface area contributed by atoms with Gasteiger partial charge in [0.15, 0.2) is 11.9 Å². The molecule has 1 aromatic heterocycles. The zero-order valence-corrected chi connectivity index (χ0v) is 28.4. The lowest BCUT2D eigenvalue weighted by molar-refractivity contribution is -0.697. The highest BCUT2D eigenvalue weighted by atomic mass is 32.2. The maximum absolute atomic E-state index is 9.32. The van der Waals surface area contributed by atoms with Crippen LogP contribution in [-0.4, -0.2) is 31.6 Å². The second-order valence-corrected chi connectivity index (χ2v) is 12.4. The largest absolute Gasteiger partial charge is 0.503 e. The normalized spacial score (nSPS) is 12.7. The number of hydrogen-bond donors (Lipinski definition) is 1. The summed E-state index contributed by atoms with van der Waals surface area (Å²) >= 11 is 2.12. The number of aromatic hydroxyl groups is 1. The number of ether oxygens (including phenoxy) is 1. The molecule has 0 aliphatic carbocycles.